The molecular weight excluding hydrogens is 248 g/mol. The van der Waals surface area contributed by atoms with Gasteiger partial charge in [0.1, 0.15) is 0 Å². The van der Waals surface area contributed by atoms with Crippen molar-refractivity contribution < 1.29 is 4.79 Å². The maximum absolute atomic E-state index is 11.8. The minimum absolute atomic E-state index is 0. The van der Waals surface area contributed by atoms with Gasteiger partial charge in [-0.15, -0.1) is 12.4 Å². The van der Waals surface area contributed by atoms with Gasteiger partial charge in [-0.1, -0.05) is 29.8 Å². The van der Waals surface area contributed by atoms with Gasteiger partial charge in [0, 0.05) is 12.6 Å². The van der Waals surface area contributed by atoms with Crippen molar-refractivity contribution in [2.75, 3.05) is 6.54 Å². The van der Waals surface area contributed by atoms with E-state index in [9.17, 15) is 4.79 Å². The fraction of sp³-hybridized carbons (Fsp3) is 0.500. The Morgan fingerprint density at radius 2 is 2.00 bits per heavy atom. The zero-order valence-corrected chi connectivity index (χ0v) is 11.5. The van der Waals surface area contributed by atoms with Gasteiger partial charge < -0.3 is 11.1 Å². The molecule has 0 saturated heterocycles. The van der Waals surface area contributed by atoms with Crippen LogP contribution in [-0.2, 0) is 11.2 Å². The highest BCUT2D eigenvalue weighted by Crippen LogP contribution is 2.32. The van der Waals surface area contributed by atoms with E-state index in [4.69, 9.17) is 5.73 Å². The summed E-state index contributed by atoms with van der Waals surface area (Å²) < 4.78 is 0. The van der Waals surface area contributed by atoms with E-state index in [2.05, 4.69) is 5.32 Å². The Hall–Kier alpha value is -1.06. The summed E-state index contributed by atoms with van der Waals surface area (Å²) in [4.78, 5) is 11.8. The monoisotopic (exact) mass is 268 g/mol. The summed E-state index contributed by atoms with van der Waals surface area (Å²) in [5.74, 6) is 0.693. The number of carbonyl (C=O) groups is 1. The quantitative estimate of drug-likeness (QED) is 0.856. The Morgan fingerprint density at radius 1 is 1.39 bits per heavy atom. The number of halogens is 1. The molecule has 3 nitrogen and oxygen atoms in total. The molecule has 1 aliphatic carbocycles. The number of nitrogens with two attached hydrogens (primary N) is 1. The van der Waals surface area contributed by atoms with E-state index in [1.807, 2.05) is 31.2 Å². The first-order chi connectivity index (χ1) is 8.19. The lowest BCUT2D eigenvalue weighted by molar-refractivity contribution is -0.121. The van der Waals surface area contributed by atoms with Gasteiger partial charge in [-0.25, -0.2) is 0 Å². The summed E-state index contributed by atoms with van der Waals surface area (Å²) in [6.07, 6.45) is 2.85. The van der Waals surface area contributed by atoms with Crippen molar-refractivity contribution in [3.63, 3.8) is 0 Å². The lowest BCUT2D eigenvalue weighted by Gasteiger charge is -2.15. The van der Waals surface area contributed by atoms with Crippen LogP contribution in [0.1, 0.15) is 24.0 Å². The van der Waals surface area contributed by atoms with Crippen molar-refractivity contribution in [1.29, 1.82) is 0 Å². The minimum Gasteiger partial charge on any atom is -0.352 e. The Morgan fingerprint density at radius 3 is 2.50 bits per heavy atom. The maximum Gasteiger partial charge on any atom is 0.224 e. The van der Waals surface area contributed by atoms with Gasteiger partial charge in [-0.3, -0.25) is 4.79 Å². The third-order valence-corrected chi connectivity index (χ3v) is 3.28. The molecule has 100 valence electrons. The third kappa shape index (κ3) is 4.31. The van der Waals surface area contributed by atoms with E-state index in [0.717, 1.165) is 5.56 Å². The number of rotatable bonds is 5. The molecule has 1 atom stereocenters. The Labute approximate surface area is 115 Å². The molecule has 0 aliphatic heterocycles. The second kappa shape index (κ2) is 6.76. The highest BCUT2D eigenvalue weighted by Gasteiger charge is 2.31. The van der Waals surface area contributed by atoms with Gasteiger partial charge in [0.25, 0.3) is 0 Å². The van der Waals surface area contributed by atoms with Crippen LogP contribution < -0.4 is 11.1 Å². The first-order valence-electron chi connectivity index (χ1n) is 6.24. The van der Waals surface area contributed by atoms with Gasteiger partial charge in [0.05, 0.1) is 6.42 Å². The number of hydrogen-bond acceptors (Lipinski definition) is 2. The predicted octanol–water partition coefficient (Wildman–Crippen LogP) is 1.81. The molecule has 0 bridgehead atoms. The lowest BCUT2D eigenvalue weighted by Crippen LogP contribution is -2.42. The van der Waals surface area contributed by atoms with Crippen LogP contribution in [0.25, 0.3) is 0 Å². The standard InChI is InChI=1S/C14H20N2O.ClH/c1-10-2-4-11(5-3-10)8-14(17)16-13(9-15)12-6-7-12;/h2-5,12-13H,6-9,15H2,1H3,(H,16,17);1H. The highest BCUT2D eigenvalue weighted by molar-refractivity contribution is 5.85. The fourth-order valence-electron chi connectivity index (χ4n) is 2.02. The van der Waals surface area contributed by atoms with E-state index < -0.39 is 0 Å². The topological polar surface area (TPSA) is 55.1 Å². The van der Waals surface area contributed by atoms with Gasteiger partial charge in [0.15, 0.2) is 0 Å². The lowest BCUT2D eigenvalue weighted by atomic mass is 10.1. The van der Waals surface area contributed by atoms with Gasteiger partial charge >= 0.3 is 0 Å². The molecular formula is C14H21ClN2O. The van der Waals surface area contributed by atoms with E-state index in [1.54, 1.807) is 0 Å². The Balaban J connectivity index is 0.00000162. The zero-order valence-electron chi connectivity index (χ0n) is 10.7. The summed E-state index contributed by atoms with van der Waals surface area (Å²) in [6, 6.07) is 8.24. The van der Waals surface area contributed by atoms with Crippen molar-refractivity contribution >= 4 is 18.3 Å². The van der Waals surface area contributed by atoms with Crippen molar-refractivity contribution in [3.05, 3.63) is 35.4 Å². The second-order valence-corrected chi connectivity index (χ2v) is 4.91. The van der Waals surface area contributed by atoms with E-state index in [-0.39, 0.29) is 24.4 Å². The van der Waals surface area contributed by atoms with Crippen LogP contribution >= 0.6 is 12.4 Å². The molecule has 0 heterocycles. The first-order valence-corrected chi connectivity index (χ1v) is 6.24. The van der Waals surface area contributed by atoms with Crippen LogP contribution in [0.15, 0.2) is 24.3 Å². The molecule has 1 aromatic carbocycles. The molecule has 1 amide bonds. The molecule has 1 unspecified atom stereocenters. The van der Waals surface area contributed by atoms with E-state index in [1.165, 1.54) is 18.4 Å². The normalized spacial score (nSPS) is 15.7. The molecule has 3 N–H and O–H groups in total. The third-order valence-electron chi connectivity index (χ3n) is 3.28. The zero-order chi connectivity index (χ0) is 12.3. The number of aryl methyl sites for hydroxylation is 1. The molecule has 0 radical (unpaired) electrons. The average Bonchev–Trinajstić information content (AvgIpc) is 3.13. The predicted molar refractivity (Wildman–Crippen MR) is 75.8 cm³/mol. The van der Waals surface area contributed by atoms with Crippen LogP contribution in [0.5, 0.6) is 0 Å². The van der Waals surface area contributed by atoms with Crippen LogP contribution in [0.2, 0.25) is 0 Å². The van der Waals surface area contributed by atoms with Crippen LogP contribution in [0.3, 0.4) is 0 Å². The molecule has 2 rings (SSSR count). The highest BCUT2D eigenvalue weighted by atomic mass is 35.5. The largest absolute Gasteiger partial charge is 0.352 e. The molecule has 4 heteroatoms. The number of benzene rings is 1. The molecule has 1 aromatic rings. The minimum atomic E-state index is 0. The summed E-state index contributed by atoms with van der Waals surface area (Å²) in [5.41, 5.74) is 7.93. The van der Waals surface area contributed by atoms with Crippen molar-refractivity contribution in [2.45, 2.75) is 32.2 Å². The SMILES string of the molecule is Cc1ccc(CC(=O)NC(CN)C2CC2)cc1.Cl. The first kappa shape index (κ1) is 15.0. The van der Waals surface area contributed by atoms with Crippen molar-refractivity contribution in [1.82, 2.24) is 5.32 Å². The van der Waals surface area contributed by atoms with Gasteiger partial charge in [-0.2, -0.15) is 0 Å². The summed E-state index contributed by atoms with van der Waals surface area (Å²) in [7, 11) is 0. The van der Waals surface area contributed by atoms with Gasteiger partial charge in [0.2, 0.25) is 5.91 Å². The molecule has 1 fully saturated rings. The summed E-state index contributed by atoms with van der Waals surface area (Å²) >= 11 is 0. The molecule has 18 heavy (non-hydrogen) atoms. The van der Waals surface area contributed by atoms with Crippen LogP contribution in [0, 0.1) is 12.8 Å². The number of nitrogens with one attached hydrogen (secondary N) is 1. The Kier molecular flexibility index (Phi) is 5.63. The van der Waals surface area contributed by atoms with E-state index in [0.29, 0.717) is 18.9 Å². The fourth-order valence-corrected chi connectivity index (χ4v) is 2.02. The smallest absolute Gasteiger partial charge is 0.224 e. The van der Waals surface area contributed by atoms with Crippen LogP contribution in [0.4, 0.5) is 0 Å². The summed E-state index contributed by atoms with van der Waals surface area (Å²) in [6.45, 7) is 2.59. The van der Waals surface area contributed by atoms with Gasteiger partial charge in [-0.05, 0) is 31.2 Å². The molecule has 0 aromatic heterocycles. The molecule has 0 spiro atoms. The number of hydrogen-bond donors (Lipinski definition) is 2. The molecule has 1 saturated carbocycles. The number of carbonyl (C=O) groups excluding carboxylic acids is 1. The average molecular weight is 269 g/mol. The number of amides is 1. The summed E-state index contributed by atoms with van der Waals surface area (Å²) in [5, 5.41) is 3.03. The van der Waals surface area contributed by atoms with E-state index >= 15 is 0 Å². The van der Waals surface area contributed by atoms with Crippen LogP contribution in [-0.4, -0.2) is 18.5 Å². The van der Waals surface area contributed by atoms with Crippen molar-refractivity contribution in [3.8, 4) is 0 Å². The van der Waals surface area contributed by atoms with Crippen molar-refractivity contribution in [2.24, 2.45) is 11.7 Å². The molecule has 1 aliphatic rings. The second-order valence-electron chi connectivity index (χ2n) is 4.91. The Bertz CT molecular complexity index is 387. The maximum atomic E-state index is 11.8.